The van der Waals surface area contributed by atoms with Gasteiger partial charge in [-0.05, 0) is 80.7 Å². The first-order valence-electron chi connectivity index (χ1n) is 14.7. The Balaban J connectivity index is 1.77. The molecule has 0 unspecified atom stereocenters. The molecule has 226 valence electrons. The second kappa shape index (κ2) is 10.4. The molecular weight excluding hydrogens is 556 g/mol. The van der Waals surface area contributed by atoms with Gasteiger partial charge in [0.2, 0.25) is 0 Å². The maximum Gasteiger partial charge on any atom is 0.307 e. The number of nitrogens with zero attached hydrogens (tertiary/aromatic N) is 2. The number of fused-ring (bicyclic) bond motifs is 9. The van der Waals surface area contributed by atoms with Crippen molar-refractivity contribution >= 4 is 57.3 Å². The van der Waals surface area contributed by atoms with Crippen LogP contribution >= 0.6 is 0 Å². The van der Waals surface area contributed by atoms with Gasteiger partial charge in [-0.3, -0.25) is 14.6 Å². The summed E-state index contributed by atoms with van der Waals surface area (Å²) in [5, 5.41) is 12.1. The minimum atomic E-state index is -1.63. The number of aromatic nitrogens is 4. The van der Waals surface area contributed by atoms with E-state index in [2.05, 4.69) is 23.1 Å². The topological polar surface area (TPSA) is 130 Å². The van der Waals surface area contributed by atoms with Gasteiger partial charge in [-0.2, -0.15) is 0 Å². The van der Waals surface area contributed by atoms with Crippen molar-refractivity contribution in [2.45, 2.75) is 64.6 Å². The summed E-state index contributed by atoms with van der Waals surface area (Å²) < 4.78 is 10.9. The van der Waals surface area contributed by atoms with Crippen LogP contribution in [0.1, 0.15) is 84.6 Å². The molecule has 3 aromatic heterocycles. The SMILES string of the molecule is C=Cc1c(C)c2cc3[nH]c(cc4nc(cc5nc(cc1[nH]2)[C@](C)(O)[C@@]51CCC(=O)O1)C(CCC(=O)OC)=C4C)c(C)c3C=C. The summed E-state index contributed by atoms with van der Waals surface area (Å²) in [5.41, 5.74) is 7.95. The van der Waals surface area contributed by atoms with E-state index in [1.807, 2.05) is 39.0 Å². The molecule has 1 fully saturated rings. The summed E-state index contributed by atoms with van der Waals surface area (Å²) in [6.07, 6.45) is 4.56. The fourth-order valence-corrected chi connectivity index (χ4v) is 6.63. The van der Waals surface area contributed by atoms with E-state index in [-0.39, 0.29) is 25.2 Å². The van der Waals surface area contributed by atoms with Crippen LogP contribution in [-0.2, 0) is 30.3 Å². The van der Waals surface area contributed by atoms with Crippen molar-refractivity contribution in [3.05, 3.63) is 82.5 Å². The Morgan fingerprint density at radius 1 is 0.977 bits per heavy atom. The molecule has 3 aliphatic rings. The lowest BCUT2D eigenvalue weighted by Gasteiger charge is -2.34. The largest absolute Gasteiger partial charge is 0.469 e. The number of H-pyrrole nitrogens is 2. The van der Waals surface area contributed by atoms with Crippen LogP contribution in [0.25, 0.3) is 45.4 Å². The summed E-state index contributed by atoms with van der Waals surface area (Å²) in [6.45, 7) is 15.7. The normalized spacial score (nSPS) is 21.1. The Labute approximate surface area is 255 Å². The molecule has 44 heavy (non-hydrogen) atoms. The number of ether oxygens (including phenoxy) is 2. The maximum absolute atomic E-state index is 12.6. The lowest BCUT2D eigenvalue weighted by atomic mass is 9.79. The van der Waals surface area contributed by atoms with Crippen LogP contribution < -0.4 is 0 Å². The van der Waals surface area contributed by atoms with Crippen molar-refractivity contribution in [3.8, 4) is 0 Å². The highest BCUT2D eigenvalue weighted by Crippen LogP contribution is 2.53. The number of nitrogens with one attached hydrogen (secondary N) is 2. The van der Waals surface area contributed by atoms with Crippen molar-refractivity contribution in [2.75, 3.05) is 7.11 Å². The molecule has 3 N–H and O–H groups in total. The van der Waals surface area contributed by atoms with Gasteiger partial charge in [-0.15, -0.1) is 0 Å². The Morgan fingerprint density at radius 2 is 1.61 bits per heavy atom. The Kier molecular flexibility index (Phi) is 6.96. The number of allylic oxidation sites excluding steroid dienone is 2. The van der Waals surface area contributed by atoms with E-state index in [9.17, 15) is 14.7 Å². The highest BCUT2D eigenvalue weighted by molar-refractivity contribution is 5.94. The molecular formula is C35H36N4O5. The van der Waals surface area contributed by atoms with Gasteiger partial charge >= 0.3 is 11.9 Å². The third-order valence-corrected chi connectivity index (χ3v) is 9.37. The standard InChI is InChI=1S/C35H36N4O5/c1-8-21-18(3)24-14-25-20(5)23(10-11-32(40)43-7)29(38-25)17-31-35(13-12-33(41)44-35)34(6,42)30(39-31)16-28-22(9-2)19(4)26(37-28)15-27(21)36-24/h8-9,14-17,36-37,42H,1-2,10-13H2,3-7H3/t34-,35+/m0/s1. The van der Waals surface area contributed by atoms with E-state index in [0.717, 1.165) is 55.6 Å². The predicted octanol–water partition coefficient (Wildman–Crippen LogP) is 6.54. The van der Waals surface area contributed by atoms with Gasteiger partial charge in [0.15, 0.2) is 5.60 Å². The Bertz CT molecular complexity index is 1980. The van der Waals surface area contributed by atoms with Crippen molar-refractivity contribution in [1.29, 1.82) is 0 Å². The van der Waals surface area contributed by atoms with Gasteiger partial charge in [-0.25, -0.2) is 4.98 Å². The molecule has 0 radical (unpaired) electrons. The van der Waals surface area contributed by atoms with Gasteiger partial charge < -0.3 is 24.5 Å². The molecule has 2 atom stereocenters. The summed E-state index contributed by atoms with van der Waals surface area (Å²) >= 11 is 0. The second-order valence-electron chi connectivity index (χ2n) is 11.8. The van der Waals surface area contributed by atoms with E-state index >= 15 is 0 Å². The first kappa shape index (κ1) is 29.3. The number of aliphatic hydroxyl groups is 1. The maximum atomic E-state index is 12.6. The molecule has 0 aromatic carbocycles. The zero-order valence-corrected chi connectivity index (χ0v) is 25.7. The van der Waals surface area contributed by atoms with Gasteiger partial charge in [0.1, 0.15) is 5.60 Å². The smallest absolute Gasteiger partial charge is 0.307 e. The minimum Gasteiger partial charge on any atom is -0.469 e. The molecule has 0 saturated carbocycles. The van der Waals surface area contributed by atoms with E-state index < -0.39 is 17.2 Å². The molecule has 6 heterocycles. The molecule has 8 bridgehead atoms. The first-order valence-corrected chi connectivity index (χ1v) is 14.7. The van der Waals surface area contributed by atoms with Crippen molar-refractivity contribution in [2.24, 2.45) is 0 Å². The van der Waals surface area contributed by atoms with E-state index in [4.69, 9.17) is 19.4 Å². The first-order chi connectivity index (χ1) is 20.9. The van der Waals surface area contributed by atoms with Crippen molar-refractivity contribution in [3.63, 3.8) is 0 Å². The fraction of sp³-hybridized carbons (Fsp3) is 0.314. The number of esters is 2. The highest BCUT2D eigenvalue weighted by atomic mass is 16.6. The van der Waals surface area contributed by atoms with E-state index in [1.54, 1.807) is 25.1 Å². The molecule has 6 rings (SSSR count). The van der Waals surface area contributed by atoms with Crippen LogP contribution in [0.4, 0.5) is 0 Å². The fourth-order valence-electron chi connectivity index (χ4n) is 6.63. The highest BCUT2D eigenvalue weighted by Gasteiger charge is 2.61. The number of aromatic amines is 2. The minimum absolute atomic E-state index is 0.149. The van der Waals surface area contributed by atoms with Crippen LogP contribution in [0.2, 0.25) is 0 Å². The van der Waals surface area contributed by atoms with Crippen molar-refractivity contribution < 1.29 is 24.2 Å². The molecule has 1 saturated heterocycles. The van der Waals surface area contributed by atoms with Gasteiger partial charge in [0.05, 0.1) is 29.9 Å². The Morgan fingerprint density at radius 3 is 2.20 bits per heavy atom. The zero-order valence-electron chi connectivity index (χ0n) is 25.7. The average Bonchev–Trinajstić information content (AvgIpc) is 3.73. The van der Waals surface area contributed by atoms with Crippen LogP contribution in [0.15, 0.2) is 37.4 Å². The van der Waals surface area contributed by atoms with Crippen LogP contribution in [-0.4, -0.2) is 44.1 Å². The Hall–Kier alpha value is -4.76. The molecule has 0 aliphatic carbocycles. The molecule has 9 heteroatoms. The number of methoxy groups -OCH3 is 1. The average molecular weight is 593 g/mol. The number of hydrogen-bond donors (Lipinski definition) is 3. The third kappa shape index (κ3) is 4.33. The van der Waals surface area contributed by atoms with Crippen LogP contribution in [0, 0.1) is 13.8 Å². The number of hydrogen-bond acceptors (Lipinski definition) is 7. The van der Waals surface area contributed by atoms with Crippen molar-refractivity contribution in [1.82, 2.24) is 19.9 Å². The van der Waals surface area contributed by atoms with E-state index in [0.29, 0.717) is 29.0 Å². The molecule has 0 amide bonds. The monoisotopic (exact) mass is 592 g/mol. The molecule has 1 spiro atoms. The summed E-state index contributed by atoms with van der Waals surface area (Å²) in [6, 6.07) is 7.60. The lowest BCUT2D eigenvalue weighted by Crippen LogP contribution is -2.43. The second-order valence-corrected chi connectivity index (χ2v) is 11.8. The van der Waals surface area contributed by atoms with Gasteiger partial charge in [0, 0.05) is 52.5 Å². The summed E-state index contributed by atoms with van der Waals surface area (Å²) in [7, 11) is 1.37. The molecule has 3 aliphatic heterocycles. The number of aryl methyl sites for hydroxylation is 2. The zero-order chi connectivity index (χ0) is 31.6. The molecule has 9 nitrogen and oxygen atoms in total. The summed E-state index contributed by atoms with van der Waals surface area (Å²) in [5.74, 6) is -0.734. The number of rotatable bonds is 5. The third-order valence-electron chi connectivity index (χ3n) is 9.37. The molecule has 3 aromatic rings. The summed E-state index contributed by atoms with van der Waals surface area (Å²) in [4.78, 5) is 41.7. The van der Waals surface area contributed by atoms with Crippen LogP contribution in [0.3, 0.4) is 0 Å². The quantitative estimate of drug-likeness (QED) is 0.287. The predicted molar refractivity (Wildman–Crippen MR) is 171 cm³/mol. The number of carbonyl (C=O) groups is 2. The van der Waals surface area contributed by atoms with Crippen LogP contribution in [0.5, 0.6) is 0 Å². The lowest BCUT2D eigenvalue weighted by molar-refractivity contribution is -0.179. The number of carbonyl (C=O) groups excluding carboxylic acids is 2. The van der Waals surface area contributed by atoms with Gasteiger partial charge in [-0.1, -0.05) is 25.3 Å². The van der Waals surface area contributed by atoms with Gasteiger partial charge in [0.25, 0.3) is 0 Å². The van der Waals surface area contributed by atoms with E-state index in [1.165, 1.54) is 7.11 Å².